The normalized spacial score (nSPS) is 16.0. The van der Waals surface area contributed by atoms with Gasteiger partial charge in [-0.2, -0.15) is 0 Å². The average molecular weight is 432 g/mol. The lowest BCUT2D eigenvalue weighted by atomic mass is 10.2. The minimum Gasteiger partial charge on any atom is -0.493 e. The van der Waals surface area contributed by atoms with E-state index >= 15 is 0 Å². The van der Waals surface area contributed by atoms with Gasteiger partial charge in [-0.1, -0.05) is 11.8 Å². The van der Waals surface area contributed by atoms with Crippen molar-refractivity contribution in [3.05, 3.63) is 30.0 Å². The number of nitrogens with zero attached hydrogens (tertiary/aromatic N) is 3. The van der Waals surface area contributed by atoms with Gasteiger partial charge >= 0.3 is 5.97 Å². The van der Waals surface area contributed by atoms with Gasteiger partial charge in [0, 0.05) is 18.7 Å². The van der Waals surface area contributed by atoms with Crippen LogP contribution in [0.1, 0.15) is 23.7 Å². The number of hydrogen-bond donors (Lipinski definition) is 1. The fourth-order valence-electron chi connectivity index (χ4n) is 2.86. The smallest absolute Gasteiger partial charge is 0.343 e. The van der Waals surface area contributed by atoms with Gasteiger partial charge in [0.25, 0.3) is 0 Å². The van der Waals surface area contributed by atoms with E-state index in [1.165, 1.54) is 20.4 Å². The van der Waals surface area contributed by atoms with E-state index in [9.17, 15) is 14.4 Å². The van der Waals surface area contributed by atoms with E-state index in [1.54, 1.807) is 25.1 Å². The van der Waals surface area contributed by atoms with E-state index in [2.05, 4.69) is 9.97 Å². The molecule has 0 saturated carbocycles. The van der Waals surface area contributed by atoms with Gasteiger partial charge in [-0.05, 0) is 19.1 Å². The Balaban J connectivity index is 1.78. The first-order chi connectivity index (χ1) is 14.4. The van der Waals surface area contributed by atoms with E-state index in [1.807, 2.05) is 0 Å². The zero-order valence-electron chi connectivity index (χ0n) is 16.6. The van der Waals surface area contributed by atoms with E-state index in [0.717, 1.165) is 16.7 Å². The maximum absolute atomic E-state index is 12.9. The summed E-state index contributed by atoms with van der Waals surface area (Å²) in [6.07, 6.45) is 1.22. The first-order valence-electron chi connectivity index (χ1n) is 8.94. The summed E-state index contributed by atoms with van der Waals surface area (Å²) in [6.45, 7) is 1.87. The van der Waals surface area contributed by atoms with Crippen LogP contribution >= 0.6 is 11.8 Å². The number of nitrogens with two attached hydrogens (primary N) is 1. The second-order valence-corrected chi connectivity index (χ2v) is 7.26. The number of rotatable bonds is 7. The fourth-order valence-corrected chi connectivity index (χ4v) is 3.81. The van der Waals surface area contributed by atoms with Gasteiger partial charge in [-0.25, -0.2) is 19.7 Å². The number of benzene rings is 1. The van der Waals surface area contributed by atoms with Crippen molar-refractivity contribution in [1.82, 2.24) is 9.97 Å². The number of methoxy groups -OCH3 is 2. The largest absolute Gasteiger partial charge is 0.493 e. The SMILES string of the molecule is CCOC(=O)c1cnc(S[C@@H]2CC(=O)N(c3ccc(OC)c(OC)c3)C2=O)nc1N. The minimum atomic E-state index is -0.724. The number of aromatic nitrogens is 2. The van der Waals surface area contributed by atoms with Crippen molar-refractivity contribution in [3.63, 3.8) is 0 Å². The highest BCUT2D eigenvalue weighted by atomic mass is 32.2. The quantitative estimate of drug-likeness (QED) is 0.391. The van der Waals surface area contributed by atoms with E-state index in [-0.39, 0.29) is 35.5 Å². The number of esters is 1. The molecule has 0 unspecified atom stereocenters. The lowest BCUT2D eigenvalue weighted by Gasteiger charge is -2.17. The molecule has 1 aromatic heterocycles. The zero-order valence-corrected chi connectivity index (χ0v) is 17.4. The number of anilines is 2. The predicted octanol–water partition coefficient (Wildman–Crippen LogP) is 1.68. The number of amides is 2. The third-order valence-corrected chi connectivity index (χ3v) is 5.33. The molecule has 1 aliphatic rings. The Bertz CT molecular complexity index is 999. The summed E-state index contributed by atoms with van der Waals surface area (Å²) < 4.78 is 15.3. The van der Waals surface area contributed by atoms with Crippen LogP contribution in [0.25, 0.3) is 0 Å². The van der Waals surface area contributed by atoms with Crippen molar-refractivity contribution in [2.24, 2.45) is 0 Å². The topological polar surface area (TPSA) is 134 Å². The van der Waals surface area contributed by atoms with Gasteiger partial charge in [0.15, 0.2) is 16.7 Å². The van der Waals surface area contributed by atoms with Crippen molar-refractivity contribution in [2.75, 3.05) is 31.5 Å². The third-order valence-electron chi connectivity index (χ3n) is 4.27. The highest BCUT2D eigenvalue weighted by Gasteiger charge is 2.41. The molecule has 1 saturated heterocycles. The van der Waals surface area contributed by atoms with Crippen LogP contribution in [0, 0.1) is 0 Å². The molecule has 2 N–H and O–H groups in total. The Hall–Kier alpha value is -3.34. The fraction of sp³-hybridized carbons (Fsp3) is 0.316. The summed E-state index contributed by atoms with van der Waals surface area (Å²) >= 11 is 1.00. The maximum Gasteiger partial charge on any atom is 0.343 e. The van der Waals surface area contributed by atoms with Crippen LogP contribution in [0.5, 0.6) is 11.5 Å². The van der Waals surface area contributed by atoms with Gasteiger partial charge in [-0.3, -0.25) is 9.59 Å². The van der Waals surface area contributed by atoms with E-state index in [4.69, 9.17) is 19.9 Å². The van der Waals surface area contributed by atoms with Crippen LogP contribution in [-0.4, -0.2) is 53.8 Å². The Morgan fingerprint density at radius 3 is 2.63 bits per heavy atom. The molecule has 11 heteroatoms. The summed E-state index contributed by atoms with van der Waals surface area (Å²) in [6, 6.07) is 4.78. The van der Waals surface area contributed by atoms with Crippen LogP contribution in [0.2, 0.25) is 0 Å². The first-order valence-corrected chi connectivity index (χ1v) is 9.82. The molecule has 1 aliphatic heterocycles. The van der Waals surface area contributed by atoms with Gasteiger partial charge in [0.1, 0.15) is 16.6 Å². The highest BCUT2D eigenvalue weighted by Crippen LogP contribution is 2.36. The molecule has 0 spiro atoms. The molecule has 3 rings (SSSR count). The monoisotopic (exact) mass is 432 g/mol. The number of nitrogen functional groups attached to an aromatic ring is 1. The molecule has 0 bridgehead atoms. The molecule has 10 nitrogen and oxygen atoms in total. The van der Waals surface area contributed by atoms with Gasteiger partial charge in [0.05, 0.1) is 26.5 Å². The lowest BCUT2D eigenvalue weighted by Crippen LogP contribution is -2.31. The molecule has 0 radical (unpaired) electrons. The average Bonchev–Trinajstić information content (AvgIpc) is 3.00. The minimum absolute atomic E-state index is 0.0270. The Labute approximate surface area is 176 Å². The molecule has 30 heavy (non-hydrogen) atoms. The molecule has 1 atom stereocenters. The molecule has 1 aromatic carbocycles. The second-order valence-electron chi connectivity index (χ2n) is 6.09. The van der Waals surface area contributed by atoms with Crippen molar-refractivity contribution >= 4 is 41.1 Å². The zero-order chi connectivity index (χ0) is 21.8. The number of carbonyl (C=O) groups excluding carboxylic acids is 3. The maximum atomic E-state index is 12.9. The van der Waals surface area contributed by atoms with Crippen molar-refractivity contribution in [1.29, 1.82) is 0 Å². The summed E-state index contributed by atoms with van der Waals surface area (Å²) in [4.78, 5) is 46.4. The Kier molecular flexibility index (Phi) is 6.40. The van der Waals surface area contributed by atoms with Gasteiger partial charge < -0.3 is 19.9 Å². The number of thioether (sulfide) groups is 1. The van der Waals surface area contributed by atoms with Gasteiger partial charge in [0.2, 0.25) is 11.8 Å². The summed E-state index contributed by atoms with van der Waals surface area (Å²) in [5, 5.41) is -0.542. The second kappa shape index (κ2) is 8.99. The molecular weight excluding hydrogens is 412 g/mol. The summed E-state index contributed by atoms with van der Waals surface area (Å²) in [5.74, 6) is -0.568. The van der Waals surface area contributed by atoms with Crippen LogP contribution in [0.4, 0.5) is 11.5 Å². The highest BCUT2D eigenvalue weighted by molar-refractivity contribution is 8.00. The van der Waals surface area contributed by atoms with Crippen molar-refractivity contribution in [3.8, 4) is 11.5 Å². The molecule has 2 amide bonds. The molecule has 1 fully saturated rings. The van der Waals surface area contributed by atoms with E-state index in [0.29, 0.717) is 17.2 Å². The molecule has 2 heterocycles. The predicted molar refractivity (Wildman–Crippen MR) is 109 cm³/mol. The standard InChI is InChI=1S/C19H20N4O6S/c1-4-29-18(26)11-9-21-19(22-16(11)20)30-14-8-15(24)23(17(14)25)10-5-6-12(27-2)13(7-10)28-3/h5-7,9,14H,4,8H2,1-3H3,(H2,20,21,22)/t14-/m1/s1. The number of carbonyl (C=O) groups is 3. The number of hydrogen-bond acceptors (Lipinski definition) is 10. The number of ether oxygens (including phenoxy) is 3. The molecule has 0 aliphatic carbocycles. The summed E-state index contributed by atoms with van der Waals surface area (Å²) in [7, 11) is 2.96. The van der Waals surface area contributed by atoms with Gasteiger partial charge in [-0.15, -0.1) is 0 Å². The first kappa shape index (κ1) is 21.4. The van der Waals surface area contributed by atoms with E-state index < -0.39 is 17.1 Å². The molecule has 158 valence electrons. The van der Waals surface area contributed by atoms with Crippen LogP contribution in [0.15, 0.2) is 29.6 Å². The molecule has 2 aromatic rings. The Morgan fingerprint density at radius 2 is 2.00 bits per heavy atom. The summed E-state index contributed by atoms with van der Waals surface area (Å²) in [5.41, 5.74) is 6.24. The van der Waals surface area contributed by atoms with Crippen LogP contribution < -0.4 is 20.1 Å². The lowest BCUT2D eigenvalue weighted by molar-refractivity contribution is -0.121. The molecular formula is C19H20N4O6S. The Morgan fingerprint density at radius 1 is 1.27 bits per heavy atom. The van der Waals surface area contributed by atoms with Crippen LogP contribution in [-0.2, 0) is 14.3 Å². The van der Waals surface area contributed by atoms with Crippen LogP contribution in [0.3, 0.4) is 0 Å². The third kappa shape index (κ3) is 4.15. The number of imide groups is 1. The van der Waals surface area contributed by atoms with Crippen molar-refractivity contribution < 1.29 is 28.6 Å². The van der Waals surface area contributed by atoms with Crippen molar-refractivity contribution in [2.45, 2.75) is 23.8 Å².